The molecule has 0 saturated carbocycles. The van der Waals surface area contributed by atoms with Gasteiger partial charge in [-0.05, 0) is 47.6 Å². The fourth-order valence-electron chi connectivity index (χ4n) is 2.26. The maximum absolute atomic E-state index is 12.0. The molecule has 0 fully saturated rings. The Balaban J connectivity index is 2.57. The van der Waals surface area contributed by atoms with Crippen molar-refractivity contribution in [3.05, 3.63) is 23.2 Å². The number of nitrogens with one attached hydrogen (secondary N) is 3. The molecule has 1 rings (SSSR count). The fourth-order valence-corrected chi connectivity index (χ4v) is 2.26. The van der Waals surface area contributed by atoms with Crippen molar-refractivity contribution in [2.45, 2.75) is 59.2 Å². The van der Waals surface area contributed by atoms with E-state index >= 15 is 0 Å². The normalized spacial score (nSPS) is 12.4. The van der Waals surface area contributed by atoms with Gasteiger partial charge < -0.3 is 29.8 Å². The Morgan fingerprint density at radius 2 is 1.82 bits per heavy atom. The van der Waals surface area contributed by atoms with Crippen LogP contribution < -0.4 is 16.0 Å². The van der Waals surface area contributed by atoms with Crippen LogP contribution in [-0.4, -0.2) is 49.9 Å². The quantitative estimate of drug-likeness (QED) is 0.384. The Bertz CT molecular complexity index is 716. The molecule has 0 unspecified atom stereocenters. The van der Waals surface area contributed by atoms with Crippen LogP contribution >= 0.6 is 0 Å². The number of hydrogen-bond acceptors (Lipinski definition) is 6. The summed E-state index contributed by atoms with van der Waals surface area (Å²) in [7, 11) is 2.96. The van der Waals surface area contributed by atoms with Gasteiger partial charge in [0.1, 0.15) is 22.7 Å². The molecule has 0 aliphatic rings. The SMILES string of the molecule is CN=C(NCc1cc(C(=O)OC)c(C)o1)NCC(C)(C)NC(=O)OC(C)(C)C. The van der Waals surface area contributed by atoms with Crippen LogP contribution in [0.1, 0.15) is 56.5 Å². The molecule has 158 valence electrons. The van der Waals surface area contributed by atoms with Gasteiger partial charge in [-0.3, -0.25) is 4.99 Å². The summed E-state index contributed by atoms with van der Waals surface area (Å²) < 4.78 is 15.6. The van der Waals surface area contributed by atoms with Gasteiger partial charge in [-0.25, -0.2) is 9.59 Å². The number of aliphatic imine (C=N–C) groups is 1. The maximum atomic E-state index is 12.0. The molecule has 0 atom stereocenters. The van der Waals surface area contributed by atoms with Gasteiger partial charge in [0.15, 0.2) is 5.96 Å². The molecular formula is C19H32N4O5. The highest BCUT2D eigenvalue weighted by Crippen LogP contribution is 2.15. The van der Waals surface area contributed by atoms with E-state index in [0.717, 1.165) is 0 Å². The Labute approximate surface area is 166 Å². The van der Waals surface area contributed by atoms with E-state index in [1.807, 2.05) is 34.6 Å². The highest BCUT2D eigenvalue weighted by Gasteiger charge is 2.25. The molecule has 9 heteroatoms. The van der Waals surface area contributed by atoms with E-state index in [-0.39, 0.29) is 0 Å². The summed E-state index contributed by atoms with van der Waals surface area (Å²) in [5, 5.41) is 9.05. The molecule has 9 nitrogen and oxygen atoms in total. The lowest BCUT2D eigenvalue weighted by atomic mass is 10.1. The van der Waals surface area contributed by atoms with E-state index < -0.39 is 23.2 Å². The molecule has 0 spiro atoms. The molecule has 0 aliphatic heterocycles. The lowest BCUT2D eigenvalue weighted by Gasteiger charge is -2.29. The second-order valence-corrected chi connectivity index (χ2v) is 7.96. The number of methoxy groups -OCH3 is 1. The third-order valence-corrected chi connectivity index (χ3v) is 3.56. The second kappa shape index (κ2) is 9.48. The largest absolute Gasteiger partial charge is 0.465 e. The van der Waals surface area contributed by atoms with Gasteiger partial charge in [0.05, 0.1) is 19.2 Å². The van der Waals surface area contributed by atoms with Crippen LogP contribution in [0.4, 0.5) is 4.79 Å². The molecule has 0 saturated heterocycles. The minimum absolute atomic E-state index is 0.331. The summed E-state index contributed by atoms with van der Waals surface area (Å²) in [6.45, 7) is 11.6. The number of carbonyl (C=O) groups excluding carboxylic acids is 2. The number of rotatable bonds is 6. The third-order valence-electron chi connectivity index (χ3n) is 3.56. The van der Waals surface area contributed by atoms with Gasteiger partial charge in [0.2, 0.25) is 0 Å². The maximum Gasteiger partial charge on any atom is 0.408 e. The third kappa shape index (κ3) is 7.89. The topological polar surface area (TPSA) is 114 Å². The van der Waals surface area contributed by atoms with E-state index in [0.29, 0.717) is 36.1 Å². The lowest BCUT2D eigenvalue weighted by Crippen LogP contribution is -2.54. The van der Waals surface area contributed by atoms with Crippen molar-refractivity contribution < 1.29 is 23.5 Å². The van der Waals surface area contributed by atoms with Crippen LogP contribution in [-0.2, 0) is 16.0 Å². The number of ether oxygens (including phenoxy) is 2. The first-order valence-electron chi connectivity index (χ1n) is 9.00. The van der Waals surface area contributed by atoms with E-state index in [2.05, 4.69) is 20.9 Å². The number of aryl methyl sites for hydroxylation is 1. The number of guanidine groups is 1. The van der Waals surface area contributed by atoms with Crippen LogP contribution in [0.25, 0.3) is 0 Å². The van der Waals surface area contributed by atoms with Gasteiger partial charge in [0, 0.05) is 13.6 Å². The van der Waals surface area contributed by atoms with Crippen LogP contribution in [0.5, 0.6) is 0 Å². The summed E-state index contributed by atoms with van der Waals surface area (Å²) in [5.41, 5.74) is -0.737. The summed E-state index contributed by atoms with van der Waals surface area (Å²) in [6, 6.07) is 1.63. The predicted molar refractivity (Wildman–Crippen MR) is 106 cm³/mol. The van der Waals surface area contributed by atoms with Gasteiger partial charge in [-0.15, -0.1) is 0 Å². The number of furan rings is 1. The first-order valence-corrected chi connectivity index (χ1v) is 9.00. The minimum atomic E-state index is -0.570. The Kier molecular flexibility index (Phi) is 7.89. The Morgan fingerprint density at radius 3 is 2.36 bits per heavy atom. The van der Waals surface area contributed by atoms with E-state index in [4.69, 9.17) is 13.9 Å². The predicted octanol–water partition coefficient (Wildman–Crippen LogP) is 2.34. The molecule has 0 aliphatic carbocycles. The summed E-state index contributed by atoms with van der Waals surface area (Å²) in [5.74, 6) is 1.15. The molecule has 0 bridgehead atoms. The number of amides is 1. The molecule has 1 aromatic heterocycles. The average Bonchev–Trinajstić information content (AvgIpc) is 2.92. The van der Waals surface area contributed by atoms with Crippen molar-refractivity contribution in [2.75, 3.05) is 20.7 Å². The molecular weight excluding hydrogens is 364 g/mol. The molecule has 3 N–H and O–H groups in total. The highest BCUT2D eigenvalue weighted by molar-refractivity contribution is 5.90. The first-order chi connectivity index (χ1) is 12.9. The van der Waals surface area contributed by atoms with Gasteiger partial charge in [0.25, 0.3) is 0 Å². The molecule has 0 aromatic carbocycles. The lowest BCUT2D eigenvalue weighted by molar-refractivity contribution is 0.0473. The van der Waals surface area contributed by atoms with Crippen molar-refractivity contribution in [2.24, 2.45) is 4.99 Å². The molecule has 1 amide bonds. The van der Waals surface area contributed by atoms with Crippen molar-refractivity contribution in [1.82, 2.24) is 16.0 Å². The fraction of sp³-hybridized carbons (Fsp3) is 0.632. The zero-order chi connectivity index (χ0) is 21.5. The number of carbonyl (C=O) groups is 2. The zero-order valence-electron chi connectivity index (χ0n) is 18.0. The van der Waals surface area contributed by atoms with Crippen LogP contribution in [0, 0.1) is 6.92 Å². The zero-order valence-corrected chi connectivity index (χ0v) is 18.0. The van der Waals surface area contributed by atoms with E-state index in [1.54, 1.807) is 20.0 Å². The first kappa shape index (κ1) is 23.3. The van der Waals surface area contributed by atoms with Crippen molar-refractivity contribution in [1.29, 1.82) is 0 Å². The van der Waals surface area contributed by atoms with Crippen molar-refractivity contribution >= 4 is 18.0 Å². The number of hydrogen-bond donors (Lipinski definition) is 3. The van der Waals surface area contributed by atoms with Crippen molar-refractivity contribution in [3.8, 4) is 0 Å². The highest BCUT2D eigenvalue weighted by atomic mass is 16.6. The summed E-state index contributed by atoms with van der Waals surface area (Å²) in [4.78, 5) is 27.7. The Morgan fingerprint density at radius 1 is 1.18 bits per heavy atom. The summed E-state index contributed by atoms with van der Waals surface area (Å²) >= 11 is 0. The molecule has 1 aromatic rings. The second-order valence-electron chi connectivity index (χ2n) is 7.96. The van der Waals surface area contributed by atoms with E-state index in [1.165, 1.54) is 7.11 Å². The van der Waals surface area contributed by atoms with E-state index in [9.17, 15) is 9.59 Å². The minimum Gasteiger partial charge on any atom is -0.465 e. The smallest absolute Gasteiger partial charge is 0.408 e. The average molecular weight is 396 g/mol. The van der Waals surface area contributed by atoms with Crippen LogP contribution in [0.15, 0.2) is 15.5 Å². The number of alkyl carbamates (subject to hydrolysis) is 1. The van der Waals surface area contributed by atoms with Crippen LogP contribution in [0.3, 0.4) is 0 Å². The van der Waals surface area contributed by atoms with Gasteiger partial charge in [-0.1, -0.05) is 0 Å². The van der Waals surface area contributed by atoms with Crippen molar-refractivity contribution in [3.63, 3.8) is 0 Å². The Hall–Kier alpha value is -2.71. The molecule has 1 heterocycles. The molecule has 0 radical (unpaired) electrons. The van der Waals surface area contributed by atoms with Gasteiger partial charge >= 0.3 is 12.1 Å². The number of esters is 1. The standard InChI is InChI=1S/C19H32N4O5/c1-12-14(15(24)26-8)9-13(27-12)10-21-16(20-7)22-11-19(5,6)23-17(25)28-18(2,3)4/h9H,10-11H2,1-8H3,(H,23,25)(H2,20,21,22). The van der Waals surface area contributed by atoms with Crippen LogP contribution in [0.2, 0.25) is 0 Å². The molecule has 28 heavy (non-hydrogen) atoms. The summed E-state index contributed by atoms with van der Waals surface area (Å²) in [6.07, 6.45) is -0.483. The monoisotopic (exact) mass is 396 g/mol. The van der Waals surface area contributed by atoms with Gasteiger partial charge in [-0.2, -0.15) is 0 Å². The number of nitrogens with zero attached hydrogens (tertiary/aromatic N) is 1.